The third-order valence-electron chi connectivity index (χ3n) is 2.67. The molecule has 4 nitrogen and oxygen atoms in total. The van der Waals surface area contributed by atoms with E-state index in [1.165, 1.54) is 19.3 Å². The zero-order chi connectivity index (χ0) is 11.1. The van der Waals surface area contributed by atoms with Gasteiger partial charge in [-0.15, -0.1) is 0 Å². The second-order valence-corrected chi connectivity index (χ2v) is 4.19. The van der Waals surface area contributed by atoms with E-state index in [9.17, 15) is 4.79 Å². The number of carbonyl (C=O) groups excluding carboxylic acids is 1. The molecule has 0 bridgehead atoms. The molecule has 0 radical (unpaired) electrons. The van der Waals surface area contributed by atoms with E-state index in [0.29, 0.717) is 0 Å². The zero-order valence-corrected chi connectivity index (χ0v) is 9.88. The van der Waals surface area contributed by atoms with Crippen LogP contribution >= 0.6 is 0 Å². The molecule has 88 valence electrons. The minimum absolute atomic E-state index is 0.0995. The molecule has 15 heavy (non-hydrogen) atoms. The summed E-state index contributed by atoms with van der Waals surface area (Å²) < 4.78 is 0. The maximum absolute atomic E-state index is 11.6. The topological polar surface area (TPSA) is 44.4 Å². The average Bonchev–Trinajstić information content (AvgIpc) is 2.27. The maximum Gasteiger partial charge on any atom is 0.238 e. The highest BCUT2D eigenvalue weighted by atomic mass is 16.2. The molecule has 0 aromatic heterocycles. The van der Waals surface area contributed by atoms with Gasteiger partial charge in [-0.1, -0.05) is 13.3 Å². The highest BCUT2D eigenvalue weighted by molar-refractivity contribution is 5.81. The molecule has 1 rings (SSSR count). The lowest BCUT2D eigenvalue weighted by Crippen LogP contribution is -2.52. The van der Waals surface area contributed by atoms with Gasteiger partial charge in [0.2, 0.25) is 5.91 Å². The van der Waals surface area contributed by atoms with Crippen LogP contribution in [0.4, 0.5) is 0 Å². The van der Waals surface area contributed by atoms with Crippen LogP contribution < -0.4 is 10.7 Å². The smallest absolute Gasteiger partial charge is 0.238 e. The Morgan fingerprint density at radius 1 is 1.33 bits per heavy atom. The lowest BCUT2D eigenvalue weighted by molar-refractivity contribution is -0.124. The Labute approximate surface area is 92.4 Å². The normalized spacial score (nSPS) is 19.9. The number of hydrogen-bond donors (Lipinski definition) is 2. The highest BCUT2D eigenvalue weighted by Crippen LogP contribution is 2.06. The predicted molar refractivity (Wildman–Crippen MR) is 61.3 cm³/mol. The van der Waals surface area contributed by atoms with Crippen molar-refractivity contribution >= 4 is 5.91 Å². The van der Waals surface area contributed by atoms with Crippen molar-refractivity contribution in [2.45, 2.75) is 45.6 Å². The van der Waals surface area contributed by atoms with Crippen LogP contribution in [0.2, 0.25) is 0 Å². The Kier molecular flexibility index (Phi) is 5.65. The summed E-state index contributed by atoms with van der Waals surface area (Å²) in [6, 6.07) is -0.116. The number of piperidine rings is 1. The Morgan fingerprint density at radius 3 is 2.60 bits per heavy atom. The van der Waals surface area contributed by atoms with Crippen LogP contribution in [0.3, 0.4) is 0 Å². The summed E-state index contributed by atoms with van der Waals surface area (Å²) in [6.45, 7) is 6.87. The summed E-state index contributed by atoms with van der Waals surface area (Å²) in [4.78, 5) is 11.6. The molecule has 0 saturated carbocycles. The maximum atomic E-state index is 11.6. The molecule has 1 saturated heterocycles. The summed E-state index contributed by atoms with van der Waals surface area (Å²) in [5.41, 5.74) is 3.25. The Balaban J connectivity index is 2.20. The number of nitrogens with one attached hydrogen (secondary N) is 2. The largest absolute Gasteiger partial charge is 0.355 e. The van der Waals surface area contributed by atoms with Crippen molar-refractivity contribution in [1.82, 2.24) is 15.8 Å². The molecule has 1 unspecified atom stereocenters. The van der Waals surface area contributed by atoms with E-state index in [-0.39, 0.29) is 11.9 Å². The van der Waals surface area contributed by atoms with E-state index in [1.807, 2.05) is 6.92 Å². The Bertz CT molecular complexity index is 190. The van der Waals surface area contributed by atoms with E-state index in [1.54, 1.807) is 0 Å². The van der Waals surface area contributed by atoms with Gasteiger partial charge in [0.1, 0.15) is 0 Å². The van der Waals surface area contributed by atoms with E-state index >= 15 is 0 Å². The molecule has 1 fully saturated rings. The van der Waals surface area contributed by atoms with Gasteiger partial charge < -0.3 is 5.32 Å². The molecule has 0 aromatic carbocycles. The number of amides is 1. The zero-order valence-electron chi connectivity index (χ0n) is 9.88. The number of nitrogens with zero attached hydrogens (tertiary/aromatic N) is 1. The first-order valence-corrected chi connectivity index (χ1v) is 6.03. The molecule has 1 amide bonds. The molecule has 0 aromatic rings. The number of carbonyl (C=O) groups is 1. The molecule has 0 spiro atoms. The third-order valence-corrected chi connectivity index (χ3v) is 2.67. The summed E-state index contributed by atoms with van der Waals surface area (Å²) in [7, 11) is 0. The lowest BCUT2D eigenvalue weighted by atomic mass is 10.2. The fraction of sp³-hybridized carbons (Fsp3) is 0.909. The molecule has 1 heterocycles. The summed E-state index contributed by atoms with van der Waals surface area (Å²) in [6.07, 6.45) is 4.77. The fourth-order valence-corrected chi connectivity index (χ4v) is 1.76. The SMILES string of the molecule is CCCNC(=O)C(C)NN1CCCCC1. The minimum atomic E-state index is -0.116. The van der Waals surface area contributed by atoms with Crippen LogP contribution in [-0.4, -0.2) is 36.6 Å². The quantitative estimate of drug-likeness (QED) is 0.713. The van der Waals surface area contributed by atoms with Crippen LogP contribution in [0.25, 0.3) is 0 Å². The van der Waals surface area contributed by atoms with Crippen LogP contribution in [0, 0.1) is 0 Å². The minimum Gasteiger partial charge on any atom is -0.355 e. The van der Waals surface area contributed by atoms with Gasteiger partial charge in [0.15, 0.2) is 0 Å². The summed E-state index contributed by atoms with van der Waals surface area (Å²) in [5, 5.41) is 5.06. The molecule has 4 heteroatoms. The molecule has 1 aliphatic heterocycles. The molecule has 1 aliphatic rings. The van der Waals surface area contributed by atoms with Crippen molar-refractivity contribution < 1.29 is 4.79 Å². The first-order chi connectivity index (χ1) is 7.24. The van der Waals surface area contributed by atoms with Gasteiger partial charge in [0.05, 0.1) is 6.04 Å². The number of hydrazine groups is 1. The van der Waals surface area contributed by atoms with Crippen molar-refractivity contribution in [3.63, 3.8) is 0 Å². The van der Waals surface area contributed by atoms with E-state index < -0.39 is 0 Å². The molecular weight excluding hydrogens is 190 g/mol. The summed E-state index contributed by atoms with van der Waals surface area (Å²) >= 11 is 0. The Hall–Kier alpha value is -0.610. The van der Waals surface area contributed by atoms with Gasteiger partial charge >= 0.3 is 0 Å². The monoisotopic (exact) mass is 213 g/mol. The second-order valence-electron chi connectivity index (χ2n) is 4.19. The van der Waals surface area contributed by atoms with Crippen LogP contribution in [0.5, 0.6) is 0 Å². The van der Waals surface area contributed by atoms with Crippen molar-refractivity contribution in [1.29, 1.82) is 0 Å². The van der Waals surface area contributed by atoms with Gasteiger partial charge in [-0.3, -0.25) is 4.79 Å². The van der Waals surface area contributed by atoms with E-state index in [0.717, 1.165) is 26.1 Å². The van der Waals surface area contributed by atoms with Gasteiger partial charge in [-0.25, -0.2) is 10.4 Å². The predicted octanol–water partition coefficient (Wildman–Crippen LogP) is 0.892. The first-order valence-electron chi connectivity index (χ1n) is 6.03. The molecule has 2 N–H and O–H groups in total. The first kappa shape index (κ1) is 12.5. The van der Waals surface area contributed by atoms with Crippen molar-refractivity contribution in [3.05, 3.63) is 0 Å². The molecule has 1 atom stereocenters. The van der Waals surface area contributed by atoms with Gasteiger partial charge in [0, 0.05) is 19.6 Å². The number of rotatable bonds is 5. The van der Waals surface area contributed by atoms with Crippen LogP contribution in [0.1, 0.15) is 39.5 Å². The standard InChI is InChI=1S/C11H23N3O/c1-3-7-12-11(15)10(2)13-14-8-5-4-6-9-14/h10,13H,3-9H2,1-2H3,(H,12,15). The van der Waals surface area contributed by atoms with Gasteiger partial charge in [-0.2, -0.15) is 0 Å². The third kappa shape index (κ3) is 4.62. The van der Waals surface area contributed by atoms with Crippen molar-refractivity contribution in [3.8, 4) is 0 Å². The highest BCUT2D eigenvalue weighted by Gasteiger charge is 2.16. The van der Waals surface area contributed by atoms with Crippen molar-refractivity contribution in [2.24, 2.45) is 0 Å². The average molecular weight is 213 g/mol. The van der Waals surface area contributed by atoms with Gasteiger partial charge in [-0.05, 0) is 26.2 Å². The molecular formula is C11H23N3O. The van der Waals surface area contributed by atoms with Crippen LogP contribution in [-0.2, 0) is 4.79 Å². The van der Waals surface area contributed by atoms with E-state index in [2.05, 4.69) is 22.7 Å². The number of hydrogen-bond acceptors (Lipinski definition) is 3. The van der Waals surface area contributed by atoms with Gasteiger partial charge in [0.25, 0.3) is 0 Å². The van der Waals surface area contributed by atoms with Crippen LogP contribution in [0.15, 0.2) is 0 Å². The lowest BCUT2D eigenvalue weighted by Gasteiger charge is -2.29. The fourth-order valence-electron chi connectivity index (χ4n) is 1.76. The van der Waals surface area contributed by atoms with E-state index in [4.69, 9.17) is 0 Å². The van der Waals surface area contributed by atoms with Crippen molar-refractivity contribution in [2.75, 3.05) is 19.6 Å². The summed E-state index contributed by atoms with van der Waals surface area (Å²) in [5.74, 6) is 0.0995. The Morgan fingerprint density at radius 2 is 2.00 bits per heavy atom. The molecule has 0 aliphatic carbocycles. The second kappa shape index (κ2) is 6.80.